The first-order valence-electron chi connectivity index (χ1n) is 5.48. The van der Waals surface area contributed by atoms with Gasteiger partial charge in [-0.2, -0.15) is 5.10 Å². The number of sulfone groups is 1. The van der Waals surface area contributed by atoms with Crippen molar-refractivity contribution in [2.45, 2.75) is 31.2 Å². The molecule has 6 heteroatoms. The molecule has 0 unspecified atom stereocenters. The van der Waals surface area contributed by atoms with E-state index in [9.17, 15) is 8.42 Å². The minimum atomic E-state index is -3.57. The highest BCUT2D eigenvalue weighted by Gasteiger charge is 2.22. The van der Waals surface area contributed by atoms with Crippen LogP contribution in [0.5, 0.6) is 0 Å². The number of hydrogen-bond donors (Lipinski definition) is 0. The maximum atomic E-state index is 11.9. The molecule has 96 valence electrons. The second-order valence-corrected chi connectivity index (χ2v) is 6.86. The fourth-order valence-corrected chi connectivity index (χ4v) is 2.37. The summed E-state index contributed by atoms with van der Waals surface area (Å²) < 4.78 is 25.2. The normalized spacial score (nSPS) is 12.8. The highest BCUT2D eigenvalue weighted by molar-refractivity contribution is 7.94. The molecule has 18 heavy (non-hydrogen) atoms. The van der Waals surface area contributed by atoms with Gasteiger partial charge in [0.05, 0.1) is 5.69 Å². The fourth-order valence-electron chi connectivity index (χ4n) is 1.56. The molecule has 0 saturated heterocycles. The van der Waals surface area contributed by atoms with Crippen molar-refractivity contribution < 1.29 is 8.42 Å². The first-order chi connectivity index (χ1) is 8.25. The van der Waals surface area contributed by atoms with Crippen LogP contribution in [0.1, 0.15) is 26.5 Å². The predicted molar refractivity (Wildman–Crippen MR) is 69.1 cm³/mol. The van der Waals surface area contributed by atoms with Crippen LogP contribution in [0.25, 0.3) is 5.52 Å². The molecule has 5 nitrogen and oxygen atoms in total. The summed E-state index contributed by atoms with van der Waals surface area (Å²) in [5.41, 5.74) is 1.14. The fraction of sp³-hybridized carbons (Fsp3) is 0.333. The van der Waals surface area contributed by atoms with Gasteiger partial charge in [-0.15, -0.1) is 0 Å². The van der Waals surface area contributed by atoms with E-state index in [-0.39, 0.29) is 10.4 Å². The Kier molecular flexibility index (Phi) is 2.77. The largest absolute Gasteiger partial charge is 0.241 e. The number of aromatic nitrogens is 3. The molecule has 0 radical (unpaired) electrons. The van der Waals surface area contributed by atoms with Crippen LogP contribution < -0.4 is 0 Å². The van der Waals surface area contributed by atoms with Crippen molar-refractivity contribution in [2.75, 3.05) is 0 Å². The Morgan fingerprint density at radius 1 is 1.39 bits per heavy atom. The molecule has 0 fully saturated rings. The minimum Gasteiger partial charge on any atom is -0.241 e. The Balaban J connectivity index is 2.79. The highest BCUT2D eigenvalue weighted by atomic mass is 32.2. The Morgan fingerprint density at radius 2 is 2.06 bits per heavy atom. The third-order valence-electron chi connectivity index (χ3n) is 2.61. The lowest BCUT2D eigenvalue weighted by atomic mass is 9.92. The van der Waals surface area contributed by atoms with E-state index in [0.29, 0.717) is 5.52 Å². The molecular weight excluding hydrogens is 250 g/mol. The third kappa shape index (κ3) is 2.03. The molecule has 0 atom stereocenters. The van der Waals surface area contributed by atoms with E-state index < -0.39 is 9.84 Å². The maximum Gasteiger partial charge on any atom is 0.218 e. The van der Waals surface area contributed by atoms with Crippen LogP contribution in [0.15, 0.2) is 35.5 Å². The molecule has 0 aliphatic rings. The highest BCUT2D eigenvalue weighted by Crippen LogP contribution is 2.24. The van der Waals surface area contributed by atoms with E-state index in [2.05, 4.69) is 16.7 Å². The van der Waals surface area contributed by atoms with Crippen molar-refractivity contribution in [3.05, 3.63) is 36.1 Å². The number of nitrogens with zero attached hydrogens (tertiary/aromatic N) is 3. The van der Waals surface area contributed by atoms with Gasteiger partial charge in [-0.25, -0.2) is 17.9 Å². The molecule has 0 aromatic carbocycles. The quantitative estimate of drug-likeness (QED) is 0.832. The van der Waals surface area contributed by atoms with Crippen LogP contribution in [-0.2, 0) is 15.3 Å². The second kappa shape index (κ2) is 3.91. The van der Waals surface area contributed by atoms with Gasteiger partial charge in [-0.05, 0) is 6.07 Å². The van der Waals surface area contributed by atoms with E-state index in [1.807, 2.05) is 20.8 Å². The van der Waals surface area contributed by atoms with Crippen LogP contribution >= 0.6 is 0 Å². The van der Waals surface area contributed by atoms with Crippen LogP contribution in [0.4, 0.5) is 0 Å². The Hall–Kier alpha value is -1.69. The Bertz CT molecular complexity index is 708. The summed E-state index contributed by atoms with van der Waals surface area (Å²) in [7, 11) is -3.57. The van der Waals surface area contributed by atoms with E-state index in [1.165, 1.54) is 10.7 Å². The van der Waals surface area contributed by atoms with Gasteiger partial charge in [-0.1, -0.05) is 27.4 Å². The summed E-state index contributed by atoms with van der Waals surface area (Å²) >= 11 is 0. The molecular formula is C12H15N3O2S. The molecule has 0 spiro atoms. The lowest BCUT2D eigenvalue weighted by molar-refractivity contribution is 0.562. The van der Waals surface area contributed by atoms with Gasteiger partial charge in [0.2, 0.25) is 9.84 Å². The number of fused-ring (bicyclic) bond motifs is 1. The molecule has 2 aromatic rings. The summed E-state index contributed by atoms with van der Waals surface area (Å²) in [4.78, 5) is 3.92. The molecule has 2 heterocycles. The molecule has 0 saturated carbocycles. The zero-order valence-corrected chi connectivity index (χ0v) is 11.4. The number of rotatable bonds is 2. The molecule has 0 aliphatic carbocycles. The maximum absolute atomic E-state index is 11.9. The number of hydrogen-bond acceptors (Lipinski definition) is 4. The average Bonchev–Trinajstić information content (AvgIpc) is 2.71. The molecule has 0 bridgehead atoms. The zero-order chi connectivity index (χ0) is 13.6. The van der Waals surface area contributed by atoms with Crippen LogP contribution in [-0.4, -0.2) is 23.0 Å². The van der Waals surface area contributed by atoms with Crippen molar-refractivity contribution >= 4 is 15.4 Å². The Labute approximate surface area is 106 Å². The van der Waals surface area contributed by atoms with Gasteiger partial charge in [-0.3, -0.25) is 0 Å². The third-order valence-corrected chi connectivity index (χ3v) is 3.90. The predicted octanol–water partition coefficient (Wildman–Crippen LogP) is 1.94. The Morgan fingerprint density at radius 3 is 2.61 bits per heavy atom. The topological polar surface area (TPSA) is 64.3 Å². The molecule has 2 rings (SSSR count). The summed E-state index contributed by atoms with van der Waals surface area (Å²) in [6, 6.07) is 1.75. The molecule has 0 aliphatic heterocycles. The SMILES string of the molecule is C=CS(=O)(=O)c1nccn2nc(C(C)(C)C)cc12. The van der Waals surface area contributed by atoms with Gasteiger partial charge in [0.25, 0.3) is 0 Å². The van der Waals surface area contributed by atoms with E-state index in [4.69, 9.17) is 0 Å². The summed E-state index contributed by atoms with van der Waals surface area (Å²) in [6.07, 6.45) is 3.05. The van der Waals surface area contributed by atoms with Gasteiger partial charge in [0.15, 0.2) is 5.03 Å². The van der Waals surface area contributed by atoms with Crippen molar-refractivity contribution in [2.24, 2.45) is 0 Å². The monoisotopic (exact) mass is 265 g/mol. The van der Waals surface area contributed by atoms with Crippen molar-refractivity contribution in [1.29, 1.82) is 0 Å². The van der Waals surface area contributed by atoms with E-state index in [1.54, 1.807) is 12.3 Å². The van der Waals surface area contributed by atoms with Crippen molar-refractivity contribution in [3.8, 4) is 0 Å². The van der Waals surface area contributed by atoms with Crippen LogP contribution in [0, 0.1) is 0 Å². The van der Waals surface area contributed by atoms with Crippen molar-refractivity contribution in [3.63, 3.8) is 0 Å². The van der Waals surface area contributed by atoms with Crippen molar-refractivity contribution in [1.82, 2.24) is 14.6 Å². The first kappa shape index (κ1) is 12.8. The lowest BCUT2D eigenvalue weighted by Gasteiger charge is -2.13. The summed E-state index contributed by atoms with van der Waals surface area (Å²) in [5.74, 6) is 0. The standard InChI is InChI=1S/C12H15N3O2S/c1-5-18(16,17)11-9-8-10(12(2,3)4)14-15(9)7-6-13-11/h5-8H,1H2,2-4H3. The lowest BCUT2D eigenvalue weighted by Crippen LogP contribution is -2.11. The molecule has 2 aromatic heterocycles. The van der Waals surface area contributed by atoms with Crippen LogP contribution in [0.2, 0.25) is 0 Å². The summed E-state index contributed by atoms with van der Waals surface area (Å²) in [6.45, 7) is 9.37. The molecule has 0 amide bonds. The zero-order valence-electron chi connectivity index (χ0n) is 10.6. The first-order valence-corrected chi connectivity index (χ1v) is 7.03. The van der Waals surface area contributed by atoms with E-state index in [0.717, 1.165) is 11.1 Å². The van der Waals surface area contributed by atoms with Gasteiger partial charge >= 0.3 is 0 Å². The molecule has 0 N–H and O–H groups in total. The van der Waals surface area contributed by atoms with Gasteiger partial charge < -0.3 is 0 Å². The second-order valence-electron chi connectivity index (χ2n) is 5.05. The minimum absolute atomic E-state index is 0.0111. The van der Waals surface area contributed by atoms with E-state index >= 15 is 0 Å². The van der Waals surface area contributed by atoms with Gasteiger partial charge in [0.1, 0.15) is 5.52 Å². The average molecular weight is 265 g/mol. The smallest absolute Gasteiger partial charge is 0.218 e. The van der Waals surface area contributed by atoms with Crippen LogP contribution in [0.3, 0.4) is 0 Å². The summed E-state index contributed by atoms with van der Waals surface area (Å²) in [5, 5.41) is 5.26. The van der Waals surface area contributed by atoms with Gasteiger partial charge in [0, 0.05) is 23.2 Å².